The smallest absolute Gasteiger partial charge is 0.255 e. The molecule has 0 aromatic heterocycles. The molecule has 1 aliphatic heterocycles. The molecule has 3 rings (SSSR count). The van der Waals surface area contributed by atoms with Crippen LogP contribution in [0.5, 0.6) is 17.2 Å². The summed E-state index contributed by atoms with van der Waals surface area (Å²) >= 11 is 5.87. The second-order valence-electron chi connectivity index (χ2n) is 5.26. The summed E-state index contributed by atoms with van der Waals surface area (Å²) in [5, 5.41) is 13.0. The van der Waals surface area contributed by atoms with E-state index in [1.165, 1.54) is 18.2 Å². The minimum absolute atomic E-state index is 0.110. The molecular weight excluding hydrogens is 318 g/mol. The van der Waals surface area contributed by atoms with Crippen molar-refractivity contribution < 1.29 is 19.4 Å². The van der Waals surface area contributed by atoms with Gasteiger partial charge in [0.05, 0.1) is 11.6 Å². The van der Waals surface area contributed by atoms with Gasteiger partial charge in [0.1, 0.15) is 19.0 Å². The van der Waals surface area contributed by atoms with Crippen LogP contribution in [0.15, 0.2) is 36.4 Å². The number of hydrogen-bond acceptors (Lipinski definition) is 4. The van der Waals surface area contributed by atoms with Crippen LogP contribution >= 0.6 is 11.6 Å². The lowest BCUT2D eigenvalue weighted by Crippen LogP contribution is -2.27. The SMILES string of the molecule is CC(NC(=O)c1cc(Cl)ccc1O)c1ccc2c(c1)OCCO2. The maximum Gasteiger partial charge on any atom is 0.255 e. The van der Waals surface area contributed by atoms with Gasteiger partial charge in [-0.05, 0) is 42.8 Å². The highest BCUT2D eigenvalue weighted by molar-refractivity contribution is 6.31. The Morgan fingerprint density at radius 3 is 2.70 bits per heavy atom. The van der Waals surface area contributed by atoms with Gasteiger partial charge in [0.2, 0.25) is 0 Å². The lowest BCUT2D eigenvalue weighted by atomic mass is 10.1. The maximum absolute atomic E-state index is 12.3. The molecular formula is C17H16ClNO4. The highest BCUT2D eigenvalue weighted by Gasteiger charge is 2.18. The number of amides is 1. The second kappa shape index (κ2) is 6.38. The fourth-order valence-corrected chi connectivity index (χ4v) is 2.55. The number of benzene rings is 2. The molecule has 1 heterocycles. The zero-order chi connectivity index (χ0) is 16.4. The van der Waals surface area contributed by atoms with E-state index in [1.54, 1.807) is 0 Å². The number of carbonyl (C=O) groups is 1. The number of aromatic hydroxyl groups is 1. The lowest BCUT2D eigenvalue weighted by Gasteiger charge is -2.21. The number of carbonyl (C=O) groups excluding carboxylic acids is 1. The topological polar surface area (TPSA) is 67.8 Å². The number of nitrogens with one attached hydrogen (secondary N) is 1. The largest absolute Gasteiger partial charge is 0.507 e. The average Bonchev–Trinajstić information content (AvgIpc) is 2.56. The van der Waals surface area contributed by atoms with E-state index in [0.717, 1.165) is 5.56 Å². The molecule has 2 N–H and O–H groups in total. The van der Waals surface area contributed by atoms with Crippen LogP contribution in [0.1, 0.15) is 28.9 Å². The molecule has 5 nitrogen and oxygen atoms in total. The number of phenolic OH excluding ortho intramolecular Hbond substituents is 1. The van der Waals surface area contributed by atoms with Gasteiger partial charge in [-0.3, -0.25) is 4.79 Å². The predicted molar refractivity (Wildman–Crippen MR) is 86.4 cm³/mol. The van der Waals surface area contributed by atoms with Crippen molar-refractivity contribution in [3.63, 3.8) is 0 Å². The van der Waals surface area contributed by atoms with Crippen molar-refractivity contribution in [3.05, 3.63) is 52.5 Å². The van der Waals surface area contributed by atoms with E-state index < -0.39 is 5.91 Å². The van der Waals surface area contributed by atoms with Crippen molar-refractivity contribution in [1.82, 2.24) is 5.32 Å². The Bertz CT molecular complexity index is 747. The quantitative estimate of drug-likeness (QED) is 0.904. The first-order valence-corrected chi connectivity index (χ1v) is 7.61. The molecule has 1 aliphatic rings. The summed E-state index contributed by atoms with van der Waals surface area (Å²) < 4.78 is 11.0. The van der Waals surface area contributed by atoms with Gasteiger partial charge in [0.15, 0.2) is 11.5 Å². The Kier molecular flexibility index (Phi) is 4.30. The monoisotopic (exact) mass is 333 g/mol. The van der Waals surface area contributed by atoms with Crippen LogP contribution in [0.2, 0.25) is 5.02 Å². The molecule has 0 bridgehead atoms. The third-order valence-electron chi connectivity index (χ3n) is 3.62. The fraction of sp³-hybridized carbons (Fsp3) is 0.235. The third-order valence-corrected chi connectivity index (χ3v) is 3.85. The molecule has 0 saturated heterocycles. The van der Waals surface area contributed by atoms with Crippen molar-refractivity contribution in [2.75, 3.05) is 13.2 Å². The zero-order valence-corrected chi connectivity index (χ0v) is 13.3. The van der Waals surface area contributed by atoms with Crippen LogP contribution in [0.3, 0.4) is 0 Å². The highest BCUT2D eigenvalue weighted by Crippen LogP contribution is 2.32. The van der Waals surface area contributed by atoms with Crippen LogP contribution < -0.4 is 14.8 Å². The first-order chi connectivity index (χ1) is 11.0. The summed E-state index contributed by atoms with van der Waals surface area (Å²) in [4.78, 5) is 12.3. The van der Waals surface area contributed by atoms with E-state index >= 15 is 0 Å². The first kappa shape index (κ1) is 15.5. The number of ether oxygens (including phenoxy) is 2. The minimum Gasteiger partial charge on any atom is -0.507 e. The molecule has 0 aliphatic carbocycles. The van der Waals surface area contributed by atoms with Crippen molar-refractivity contribution in [3.8, 4) is 17.2 Å². The highest BCUT2D eigenvalue weighted by atomic mass is 35.5. The Balaban J connectivity index is 1.77. The zero-order valence-electron chi connectivity index (χ0n) is 12.5. The van der Waals surface area contributed by atoms with E-state index in [9.17, 15) is 9.90 Å². The van der Waals surface area contributed by atoms with Crippen molar-refractivity contribution in [2.24, 2.45) is 0 Å². The molecule has 2 aromatic carbocycles. The predicted octanol–water partition coefficient (Wildman–Crippen LogP) is 3.31. The molecule has 120 valence electrons. The Morgan fingerprint density at radius 1 is 1.17 bits per heavy atom. The third kappa shape index (κ3) is 3.35. The summed E-state index contributed by atoms with van der Waals surface area (Å²) in [7, 11) is 0. The maximum atomic E-state index is 12.3. The number of hydrogen-bond donors (Lipinski definition) is 2. The Morgan fingerprint density at radius 2 is 1.91 bits per heavy atom. The standard InChI is InChI=1S/C17H16ClNO4/c1-10(11-2-5-15-16(8-11)23-7-6-22-15)19-17(21)13-9-12(18)3-4-14(13)20/h2-5,8-10,20H,6-7H2,1H3,(H,19,21). The molecule has 1 unspecified atom stereocenters. The summed E-state index contributed by atoms with van der Waals surface area (Å²) in [5.41, 5.74) is 1.02. The van der Waals surface area contributed by atoms with E-state index in [1.807, 2.05) is 25.1 Å². The van der Waals surface area contributed by atoms with E-state index in [4.69, 9.17) is 21.1 Å². The molecule has 1 atom stereocenters. The van der Waals surface area contributed by atoms with Gasteiger partial charge >= 0.3 is 0 Å². The first-order valence-electron chi connectivity index (χ1n) is 7.23. The fourth-order valence-electron chi connectivity index (χ4n) is 2.38. The van der Waals surface area contributed by atoms with Crippen LogP contribution in [0.4, 0.5) is 0 Å². The van der Waals surface area contributed by atoms with Gasteiger partial charge in [-0.25, -0.2) is 0 Å². The van der Waals surface area contributed by atoms with Crippen LogP contribution in [0.25, 0.3) is 0 Å². The minimum atomic E-state index is -0.396. The van der Waals surface area contributed by atoms with Crippen LogP contribution in [0, 0.1) is 0 Å². The molecule has 0 spiro atoms. The molecule has 1 amide bonds. The number of rotatable bonds is 3. The summed E-state index contributed by atoms with van der Waals surface area (Å²) in [6.07, 6.45) is 0. The molecule has 0 fully saturated rings. The number of phenols is 1. The molecule has 6 heteroatoms. The lowest BCUT2D eigenvalue weighted by molar-refractivity contribution is 0.0937. The van der Waals surface area contributed by atoms with Crippen LogP contribution in [-0.2, 0) is 0 Å². The van der Waals surface area contributed by atoms with Gasteiger partial charge in [0.25, 0.3) is 5.91 Å². The molecule has 2 aromatic rings. The average molecular weight is 334 g/mol. The van der Waals surface area contributed by atoms with Gasteiger partial charge in [0, 0.05) is 5.02 Å². The van der Waals surface area contributed by atoms with Gasteiger partial charge in [-0.15, -0.1) is 0 Å². The van der Waals surface area contributed by atoms with Crippen molar-refractivity contribution in [2.45, 2.75) is 13.0 Å². The second-order valence-corrected chi connectivity index (χ2v) is 5.70. The summed E-state index contributed by atoms with van der Waals surface area (Å²) in [6.45, 7) is 2.89. The van der Waals surface area contributed by atoms with Crippen LogP contribution in [-0.4, -0.2) is 24.2 Å². The van der Waals surface area contributed by atoms with E-state index in [-0.39, 0.29) is 17.4 Å². The molecule has 23 heavy (non-hydrogen) atoms. The van der Waals surface area contributed by atoms with E-state index in [2.05, 4.69) is 5.32 Å². The van der Waals surface area contributed by atoms with Gasteiger partial charge < -0.3 is 19.9 Å². The van der Waals surface area contributed by atoms with Crippen molar-refractivity contribution >= 4 is 17.5 Å². The van der Waals surface area contributed by atoms with E-state index in [0.29, 0.717) is 29.7 Å². The summed E-state index contributed by atoms with van der Waals surface area (Å²) in [5.74, 6) is 0.861. The molecule has 0 radical (unpaired) electrons. The number of halogens is 1. The van der Waals surface area contributed by atoms with Crippen molar-refractivity contribution in [1.29, 1.82) is 0 Å². The van der Waals surface area contributed by atoms with Gasteiger partial charge in [-0.2, -0.15) is 0 Å². The summed E-state index contributed by atoms with van der Waals surface area (Å²) in [6, 6.07) is 9.63. The normalized spacial score (nSPS) is 14.2. The Hall–Kier alpha value is -2.40. The van der Waals surface area contributed by atoms with Gasteiger partial charge in [-0.1, -0.05) is 17.7 Å². The number of fused-ring (bicyclic) bond motifs is 1. The molecule has 0 saturated carbocycles. The Labute approximate surface area is 138 Å².